The molecule has 0 aliphatic heterocycles. The van der Waals surface area contributed by atoms with Gasteiger partial charge in [0.25, 0.3) is 0 Å². The van der Waals surface area contributed by atoms with Gasteiger partial charge in [0.15, 0.2) is 0 Å². The van der Waals surface area contributed by atoms with Crippen LogP contribution in [0.4, 0.5) is 0 Å². The molecule has 0 bridgehead atoms. The van der Waals surface area contributed by atoms with E-state index in [1.54, 1.807) is 6.08 Å². The van der Waals surface area contributed by atoms with Crippen LogP contribution in [0, 0.1) is 0 Å². The van der Waals surface area contributed by atoms with E-state index < -0.39 is 5.97 Å². The molecule has 1 aliphatic carbocycles. The molecule has 2 nitrogen and oxygen atoms in total. The first-order chi connectivity index (χ1) is 8.03. The Morgan fingerprint density at radius 2 is 1.94 bits per heavy atom. The number of hydrogen-bond acceptors (Lipinski definition) is 1. The summed E-state index contributed by atoms with van der Waals surface area (Å²) in [7, 11) is 0. The molecule has 0 saturated heterocycles. The second-order valence-electron chi connectivity index (χ2n) is 4.79. The van der Waals surface area contributed by atoms with E-state index in [0.717, 1.165) is 12.0 Å². The third-order valence-electron chi connectivity index (χ3n) is 3.37. The maximum atomic E-state index is 11.0. The third kappa shape index (κ3) is 2.16. The van der Waals surface area contributed by atoms with Crippen LogP contribution in [0.1, 0.15) is 25.8 Å². The Morgan fingerprint density at radius 1 is 1.29 bits per heavy atom. The Balaban J connectivity index is 2.36. The van der Waals surface area contributed by atoms with Crippen LogP contribution < -0.4 is 0 Å². The fraction of sp³-hybridized carbons (Fsp3) is 0.267. The molecule has 1 aromatic carbocycles. The number of benzene rings is 1. The fourth-order valence-corrected chi connectivity index (χ4v) is 2.39. The quantitative estimate of drug-likeness (QED) is 0.843. The first kappa shape index (κ1) is 11.6. The van der Waals surface area contributed by atoms with Crippen molar-refractivity contribution < 1.29 is 9.90 Å². The number of rotatable bonds is 2. The zero-order chi connectivity index (χ0) is 12.5. The summed E-state index contributed by atoms with van der Waals surface area (Å²) in [6, 6.07) is 10.2. The van der Waals surface area contributed by atoms with Crippen LogP contribution in [0.15, 0.2) is 53.6 Å². The molecule has 1 aromatic rings. The molecule has 0 fully saturated rings. The summed E-state index contributed by atoms with van der Waals surface area (Å²) in [6.45, 7) is 4.04. The third-order valence-corrected chi connectivity index (χ3v) is 3.37. The average molecular weight is 228 g/mol. The van der Waals surface area contributed by atoms with Gasteiger partial charge in [-0.15, -0.1) is 0 Å². The maximum Gasteiger partial charge on any atom is 0.335 e. The molecule has 0 spiro atoms. The lowest BCUT2D eigenvalue weighted by Gasteiger charge is -2.30. The zero-order valence-corrected chi connectivity index (χ0v) is 10.1. The minimum Gasteiger partial charge on any atom is -0.478 e. The van der Waals surface area contributed by atoms with Crippen molar-refractivity contribution in [3.63, 3.8) is 0 Å². The lowest BCUT2D eigenvalue weighted by atomic mass is 9.73. The molecule has 0 radical (unpaired) electrons. The molecular weight excluding hydrogens is 212 g/mol. The van der Waals surface area contributed by atoms with Crippen molar-refractivity contribution in [1.29, 1.82) is 0 Å². The van der Waals surface area contributed by atoms with E-state index >= 15 is 0 Å². The fourth-order valence-electron chi connectivity index (χ4n) is 2.39. The van der Waals surface area contributed by atoms with Crippen molar-refractivity contribution in [3.05, 3.63) is 59.2 Å². The highest BCUT2D eigenvalue weighted by Gasteiger charge is 2.28. The van der Waals surface area contributed by atoms with Crippen molar-refractivity contribution in [2.45, 2.75) is 25.7 Å². The summed E-state index contributed by atoms with van der Waals surface area (Å²) < 4.78 is 0. The summed E-state index contributed by atoms with van der Waals surface area (Å²) in [5.74, 6) is -0.839. The molecule has 1 unspecified atom stereocenters. The molecule has 88 valence electrons. The minimum atomic E-state index is -0.839. The molecule has 2 rings (SSSR count). The minimum absolute atomic E-state index is 0.0930. The summed E-state index contributed by atoms with van der Waals surface area (Å²) in [5.41, 5.74) is 2.49. The van der Waals surface area contributed by atoms with Crippen LogP contribution in [0.25, 0.3) is 0 Å². The van der Waals surface area contributed by atoms with Crippen molar-refractivity contribution >= 4 is 5.97 Å². The summed E-state index contributed by atoms with van der Waals surface area (Å²) in [4.78, 5) is 11.0. The first-order valence-electron chi connectivity index (χ1n) is 5.71. The van der Waals surface area contributed by atoms with Crippen molar-refractivity contribution in [2.24, 2.45) is 0 Å². The van der Waals surface area contributed by atoms with Crippen LogP contribution in [-0.2, 0) is 10.2 Å². The van der Waals surface area contributed by atoms with E-state index in [1.807, 2.05) is 31.2 Å². The molecule has 1 aliphatic rings. The number of aliphatic carboxylic acids is 1. The largest absolute Gasteiger partial charge is 0.478 e. The first-order valence-corrected chi connectivity index (χ1v) is 5.71. The van der Waals surface area contributed by atoms with E-state index in [4.69, 9.17) is 5.11 Å². The maximum absolute atomic E-state index is 11.0. The van der Waals surface area contributed by atoms with Gasteiger partial charge in [0.2, 0.25) is 0 Å². The Hall–Kier alpha value is -1.83. The zero-order valence-electron chi connectivity index (χ0n) is 10.1. The van der Waals surface area contributed by atoms with Gasteiger partial charge < -0.3 is 5.11 Å². The number of carboxylic acids is 1. The normalized spacial score (nSPS) is 23.9. The van der Waals surface area contributed by atoms with Gasteiger partial charge in [-0.25, -0.2) is 4.79 Å². The number of carboxylic acid groups (broad SMARTS) is 1. The standard InChI is InChI=1S/C15H16O2/c1-11-10-15(2,9-8-13(11)14(16)17)12-6-4-3-5-7-12/h3-9H,10H2,1-2H3,(H,16,17). The van der Waals surface area contributed by atoms with Gasteiger partial charge in [-0.05, 0) is 18.9 Å². The highest BCUT2D eigenvalue weighted by atomic mass is 16.4. The van der Waals surface area contributed by atoms with Gasteiger partial charge in [0.05, 0.1) is 5.57 Å². The van der Waals surface area contributed by atoms with E-state index in [9.17, 15) is 4.79 Å². The predicted octanol–water partition coefficient (Wildman–Crippen LogP) is 3.31. The Labute approximate surface area is 101 Å². The van der Waals surface area contributed by atoms with Gasteiger partial charge in [0.1, 0.15) is 0 Å². The highest BCUT2D eigenvalue weighted by Crippen LogP contribution is 2.36. The lowest BCUT2D eigenvalue weighted by molar-refractivity contribution is -0.132. The monoisotopic (exact) mass is 228 g/mol. The lowest BCUT2D eigenvalue weighted by Crippen LogP contribution is -2.23. The second-order valence-corrected chi connectivity index (χ2v) is 4.79. The van der Waals surface area contributed by atoms with Crippen molar-refractivity contribution in [1.82, 2.24) is 0 Å². The van der Waals surface area contributed by atoms with Crippen LogP contribution in [0.3, 0.4) is 0 Å². The molecule has 1 atom stereocenters. The highest BCUT2D eigenvalue weighted by molar-refractivity contribution is 5.91. The summed E-state index contributed by atoms with van der Waals surface area (Å²) >= 11 is 0. The van der Waals surface area contributed by atoms with Gasteiger partial charge in [-0.2, -0.15) is 0 Å². The van der Waals surface area contributed by atoms with E-state index in [-0.39, 0.29) is 5.41 Å². The number of carbonyl (C=O) groups is 1. The smallest absolute Gasteiger partial charge is 0.335 e. The van der Waals surface area contributed by atoms with Gasteiger partial charge in [0, 0.05) is 5.41 Å². The molecular formula is C15H16O2. The number of allylic oxidation sites excluding steroid dienone is 2. The van der Waals surface area contributed by atoms with Gasteiger partial charge in [-0.3, -0.25) is 0 Å². The SMILES string of the molecule is CC1=C(C(=O)O)C=CC(C)(c2ccccc2)C1. The molecule has 0 heterocycles. The van der Waals surface area contributed by atoms with Crippen molar-refractivity contribution in [3.8, 4) is 0 Å². The van der Waals surface area contributed by atoms with Crippen LogP contribution in [-0.4, -0.2) is 11.1 Å². The molecule has 0 saturated carbocycles. The van der Waals surface area contributed by atoms with Crippen LogP contribution >= 0.6 is 0 Å². The molecule has 17 heavy (non-hydrogen) atoms. The molecule has 0 amide bonds. The number of hydrogen-bond donors (Lipinski definition) is 1. The Bertz CT molecular complexity index is 497. The van der Waals surface area contributed by atoms with Crippen LogP contribution in [0.2, 0.25) is 0 Å². The molecule has 0 aromatic heterocycles. The molecule has 1 N–H and O–H groups in total. The molecule has 2 heteroatoms. The van der Waals surface area contributed by atoms with E-state index in [0.29, 0.717) is 5.57 Å². The predicted molar refractivity (Wildman–Crippen MR) is 67.9 cm³/mol. The van der Waals surface area contributed by atoms with E-state index in [2.05, 4.69) is 19.1 Å². The van der Waals surface area contributed by atoms with Gasteiger partial charge in [-0.1, -0.05) is 55.0 Å². The summed E-state index contributed by atoms with van der Waals surface area (Å²) in [5, 5.41) is 9.04. The Morgan fingerprint density at radius 3 is 2.47 bits per heavy atom. The van der Waals surface area contributed by atoms with E-state index in [1.165, 1.54) is 5.56 Å². The summed E-state index contributed by atoms with van der Waals surface area (Å²) in [6.07, 6.45) is 4.49. The second kappa shape index (κ2) is 4.21. The average Bonchev–Trinajstić information content (AvgIpc) is 2.29. The van der Waals surface area contributed by atoms with Gasteiger partial charge >= 0.3 is 5.97 Å². The topological polar surface area (TPSA) is 37.3 Å². The Kier molecular flexibility index (Phi) is 2.88. The van der Waals surface area contributed by atoms with Crippen molar-refractivity contribution in [2.75, 3.05) is 0 Å². The van der Waals surface area contributed by atoms with Crippen LogP contribution in [0.5, 0.6) is 0 Å².